The van der Waals surface area contributed by atoms with Gasteiger partial charge in [-0.25, -0.2) is 0 Å². The van der Waals surface area contributed by atoms with Gasteiger partial charge in [0, 0.05) is 17.0 Å². The van der Waals surface area contributed by atoms with Gasteiger partial charge in [0.1, 0.15) is 0 Å². The lowest BCUT2D eigenvalue weighted by atomic mass is 9.94. The van der Waals surface area contributed by atoms with Gasteiger partial charge in [-0.05, 0) is 51.7 Å². The summed E-state index contributed by atoms with van der Waals surface area (Å²) in [5.41, 5.74) is 3.02. The zero-order valence-electron chi connectivity index (χ0n) is 11.0. The van der Waals surface area contributed by atoms with Crippen LogP contribution in [-0.2, 0) is 0 Å². The minimum Gasteiger partial charge on any atom is -0.349 e. The second-order valence-corrected chi connectivity index (χ2v) is 5.92. The summed E-state index contributed by atoms with van der Waals surface area (Å²) in [5, 5.41) is 3.40. The molecule has 1 aliphatic rings. The summed E-state index contributed by atoms with van der Waals surface area (Å²) in [6.45, 7) is 4.03. The molecule has 1 aromatic carbocycles. The van der Waals surface area contributed by atoms with Crippen LogP contribution in [0.4, 0.5) is 0 Å². The molecular formula is C15H20ClNO. The molecule has 2 rings (SSSR count). The third kappa shape index (κ3) is 3.49. The van der Waals surface area contributed by atoms with Crippen molar-refractivity contribution in [3.63, 3.8) is 0 Å². The molecular weight excluding hydrogens is 246 g/mol. The lowest BCUT2D eigenvalue weighted by Gasteiger charge is -2.25. The quantitative estimate of drug-likeness (QED) is 0.814. The molecule has 3 heteroatoms. The van der Waals surface area contributed by atoms with E-state index in [2.05, 4.69) is 11.4 Å². The van der Waals surface area contributed by atoms with Crippen LogP contribution in [0.15, 0.2) is 18.2 Å². The number of amides is 1. The molecule has 1 aliphatic carbocycles. The molecule has 1 amide bonds. The number of halogens is 1. The van der Waals surface area contributed by atoms with Crippen molar-refractivity contribution in [2.75, 3.05) is 0 Å². The molecule has 18 heavy (non-hydrogen) atoms. The van der Waals surface area contributed by atoms with Crippen LogP contribution in [-0.4, -0.2) is 17.3 Å². The fraction of sp³-hybridized carbons (Fsp3) is 0.533. The fourth-order valence-electron chi connectivity index (χ4n) is 2.57. The Hall–Kier alpha value is -1.02. The zero-order chi connectivity index (χ0) is 13.1. The smallest absolute Gasteiger partial charge is 0.251 e. The maximum atomic E-state index is 12.2. The maximum Gasteiger partial charge on any atom is 0.251 e. The normalized spacial score (nSPS) is 23.7. The molecule has 1 N–H and O–H groups in total. The number of rotatable bonds is 2. The summed E-state index contributed by atoms with van der Waals surface area (Å²) in [4.78, 5) is 12.2. The van der Waals surface area contributed by atoms with Crippen LogP contribution in [0.2, 0.25) is 0 Å². The van der Waals surface area contributed by atoms with Crippen molar-refractivity contribution in [1.82, 2.24) is 5.32 Å². The van der Waals surface area contributed by atoms with E-state index in [9.17, 15) is 4.79 Å². The van der Waals surface area contributed by atoms with Gasteiger partial charge >= 0.3 is 0 Å². The van der Waals surface area contributed by atoms with Crippen LogP contribution in [0, 0.1) is 13.8 Å². The summed E-state index contributed by atoms with van der Waals surface area (Å²) in [6.07, 6.45) is 3.98. The molecule has 1 saturated carbocycles. The van der Waals surface area contributed by atoms with E-state index in [1.807, 2.05) is 26.0 Å². The van der Waals surface area contributed by atoms with Gasteiger partial charge in [-0.3, -0.25) is 4.79 Å². The van der Waals surface area contributed by atoms with Crippen molar-refractivity contribution in [3.05, 3.63) is 34.9 Å². The van der Waals surface area contributed by atoms with E-state index in [1.165, 1.54) is 0 Å². The molecule has 0 radical (unpaired) electrons. The number of carbonyl (C=O) groups excluding carboxylic acids is 1. The van der Waals surface area contributed by atoms with E-state index in [-0.39, 0.29) is 11.9 Å². The number of alkyl halides is 1. The topological polar surface area (TPSA) is 29.1 Å². The van der Waals surface area contributed by atoms with Crippen molar-refractivity contribution in [2.45, 2.75) is 50.9 Å². The van der Waals surface area contributed by atoms with E-state index < -0.39 is 0 Å². The maximum absolute atomic E-state index is 12.2. The fourth-order valence-corrected chi connectivity index (χ4v) is 2.82. The average Bonchev–Trinajstić information content (AvgIpc) is 2.31. The number of hydrogen-bond donors (Lipinski definition) is 1. The SMILES string of the molecule is Cc1cc(C)cc(C(=O)NC2CCC(Cl)CC2)c1. The van der Waals surface area contributed by atoms with Crippen molar-refractivity contribution in [1.29, 1.82) is 0 Å². The summed E-state index contributed by atoms with van der Waals surface area (Å²) in [6, 6.07) is 6.24. The van der Waals surface area contributed by atoms with Crippen LogP contribution < -0.4 is 5.32 Å². The molecule has 0 heterocycles. The highest BCUT2D eigenvalue weighted by molar-refractivity contribution is 6.20. The predicted octanol–water partition coefficient (Wildman–Crippen LogP) is 3.58. The van der Waals surface area contributed by atoms with Crippen LogP contribution in [0.5, 0.6) is 0 Å². The van der Waals surface area contributed by atoms with Gasteiger partial charge in [0.05, 0.1) is 0 Å². The zero-order valence-corrected chi connectivity index (χ0v) is 11.8. The highest BCUT2D eigenvalue weighted by Gasteiger charge is 2.21. The minimum atomic E-state index is 0.0415. The number of benzene rings is 1. The first-order valence-corrected chi connectivity index (χ1v) is 7.01. The Morgan fingerprint density at radius 1 is 1.11 bits per heavy atom. The van der Waals surface area contributed by atoms with E-state index in [0.717, 1.165) is 42.4 Å². The molecule has 0 bridgehead atoms. The number of nitrogens with one attached hydrogen (secondary N) is 1. The Morgan fingerprint density at radius 3 is 2.22 bits per heavy atom. The molecule has 0 unspecified atom stereocenters. The minimum absolute atomic E-state index is 0.0415. The Bertz CT molecular complexity index is 416. The van der Waals surface area contributed by atoms with Gasteiger partial charge in [0.15, 0.2) is 0 Å². The number of carbonyl (C=O) groups is 1. The summed E-state index contributed by atoms with van der Waals surface area (Å²) in [7, 11) is 0. The van der Waals surface area contributed by atoms with Crippen LogP contribution >= 0.6 is 11.6 Å². The van der Waals surface area contributed by atoms with Crippen molar-refractivity contribution in [2.24, 2.45) is 0 Å². The third-order valence-corrected chi connectivity index (χ3v) is 3.91. The molecule has 0 aliphatic heterocycles. The van der Waals surface area contributed by atoms with Crippen molar-refractivity contribution < 1.29 is 4.79 Å². The first-order valence-electron chi connectivity index (χ1n) is 6.58. The van der Waals surface area contributed by atoms with Crippen LogP contribution in [0.3, 0.4) is 0 Å². The molecule has 0 saturated heterocycles. The Balaban J connectivity index is 1.99. The van der Waals surface area contributed by atoms with Gasteiger partial charge in [-0.15, -0.1) is 11.6 Å². The largest absolute Gasteiger partial charge is 0.349 e. The predicted molar refractivity (Wildman–Crippen MR) is 75.3 cm³/mol. The van der Waals surface area contributed by atoms with Crippen molar-refractivity contribution >= 4 is 17.5 Å². The Kier molecular flexibility index (Phi) is 4.28. The van der Waals surface area contributed by atoms with E-state index >= 15 is 0 Å². The first kappa shape index (κ1) is 13.4. The standard InChI is InChI=1S/C15H20ClNO/c1-10-7-11(2)9-12(8-10)15(18)17-14-5-3-13(16)4-6-14/h7-9,13-14H,3-6H2,1-2H3,(H,17,18). The van der Waals surface area contributed by atoms with Gasteiger partial charge < -0.3 is 5.32 Å². The number of aryl methyl sites for hydroxylation is 2. The first-order chi connectivity index (χ1) is 8.54. The highest BCUT2D eigenvalue weighted by atomic mass is 35.5. The Labute approximate surface area is 114 Å². The monoisotopic (exact) mass is 265 g/mol. The van der Waals surface area contributed by atoms with Crippen LogP contribution in [0.25, 0.3) is 0 Å². The molecule has 98 valence electrons. The van der Waals surface area contributed by atoms with Gasteiger partial charge in [-0.2, -0.15) is 0 Å². The number of hydrogen-bond acceptors (Lipinski definition) is 1. The summed E-state index contributed by atoms with van der Waals surface area (Å²) >= 11 is 6.06. The van der Waals surface area contributed by atoms with Gasteiger partial charge in [0.2, 0.25) is 0 Å². The molecule has 1 aromatic rings. The van der Waals surface area contributed by atoms with E-state index in [1.54, 1.807) is 0 Å². The van der Waals surface area contributed by atoms with Crippen molar-refractivity contribution in [3.8, 4) is 0 Å². The van der Waals surface area contributed by atoms with E-state index in [4.69, 9.17) is 11.6 Å². The Morgan fingerprint density at radius 2 is 1.67 bits per heavy atom. The molecule has 1 fully saturated rings. The van der Waals surface area contributed by atoms with Gasteiger partial charge in [-0.1, -0.05) is 17.2 Å². The lowest BCUT2D eigenvalue weighted by molar-refractivity contribution is 0.0928. The molecule has 0 spiro atoms. The summed E-state index contributed by atoms with van der Waals surface area (Å²) in [5.74, 6) is 0.0415. The second-order valence-electron chi connectivity index (χ2n) is 5.30. The average molecular weight is 266 g/mol. The second kappa shape index (κ2) is 5.75. The third-order valence-electron chi connectivity index (χ3n) is 3.48. The lowest BCUT2D eigenvalue weighted by Crippen LogP contribution is -2.37. The van der Waals surface area contributed by atoms with Crippen LogP contribution in [0.1, 0.15) is 47.2 Å². The molecule has 2 nitrogen and oxygen atoms in total. The van der Waals surface area contributed by atoms with Gasteiger partial charge in [0.25, 0.3) is 5.91 Å². The molecule has 0 atom stereocenters. The highest BCUT2D eigenvalue weighted by Crippen LogP contribution is 2.23. The summed E-state index contributed by atoms with van der Waals surface area (Å²) < 4.78 is 0. The molecule has 0 aromatic heterocycles. The van der Waals surface area contributed by atoms with E-state index in [0.29, 0.717) is 5.38 Å².